The second-order valence-corrected chi connectivity index (χ2v) is 6.82. The Morgan fingerprint density at radius 1 is 1.21 bits per heavy atom. The summed E-state index contributed by atoms with van der Waals surface area (Å²) in [5, 5.41) is 8.10. The van der Waals surface area contributed by atoms with Crippen molar-refractivity contribution in [3.63, 3.8) is 0 Å². The normalized spacial score (nSPS) is 11.4. The van der Waals surface area contributed by atoms with Gasteiger partial charge in [0.2, 0.25) is 0 Å². The number of carbonyl (C=O) groups excluding carboxylic acids is 1. The molecule has 1 amide bonds. The second-order valence-electron chi connectivity index (χ2n) is 6.82. The number of imidazole rings is 1. The lowest BCUT2D eigenvalue weighted by atomic mass is 10.1. The van der Waals surface area contributed by atoms with Gasteiger partial charge in [-0.2, -0.15) is 5.10 Å². The molecule has 0 saturated carbocycles. The molecule has 0 aliphatic rings. The van der Waals surface area contributed by atoms with Crippen molar-refractivity contribution in [3.8, 4) is 11.5 Å². The zero-order valence-electron chi connectivity index (χ0n) is 15.9. The van der Waals surface area contributed by atoms with Gasteiger partial charge in [-0.25, -0.2) is 9.97 Å². The van der Waals surface area contributed by atoms with Crippen molar-refractivity contribution in [3.05, 3.63) is 65.8 Å². The molecule has 8 heteroatoms. The zero-order chi connectivity index (χ0) is 20.0. The van der Waals surface area contributed by atoms with E-state index in [0.29, 0.717) is 28.5 Å². The molecule has 2 N–H and O–H groups in total. The van der Waals surface area contributed by atoms with Gasteiger partial charge in [0.1, 0.15) is 11.5 Å². The number of aromatic nitrogens is 5. The topological polar surface area (TPSA) is 102 Å². The lowest BCUT2D eigenvalue weighted by Crippen LogP contribution is -2.24. The summed E-state index contributed by atoms with van der Waals surface area (Å²) >= 11 is 0. The minimum absolute atomic E-state index is 0.221. The fourth-order valence-electron chi connectivity index (χ4n) is 3.52. The van der Waals surface area contributed by atoms with E-state index in [4.69, 9.17) is 4.42 Å². The minimum Gasteiger partial charge on any atom is -0.463 e. The number of carbonyl (C=O) groups is 1. The van der Waals surface area contributed by atoms with Crippen LogP contribution in [0.2, 0.25) is 0 Å². The predicted molar refractivity (Wildman–Crippen MR) is 108 cm³/mol. The average molecular weight is 386 g/mol. The maximum absolute atomic E-state index is 13.1. The highest BCUT2D eigenvalue weighted by atomic mass is 16.3. The monoisotopic (exact) mass is 386 g/mol. The van der Waals surface area contributed by atoms with E-state index in [2.05, 4.69) is 25.4 Å². The number of furan rings is 1. The molecule has 0 spiro atoms. The number of nitrogens with zero attached hydrogens (tertiary/aromatic N) is 4. The number of pyridine rings is 1. The number of amides is 1. The molecule has 0 unspecified atom stereocenters. The molecule has 0 aliphatic heterocycles. The third kappa shape index (κ3) is 2.94. The molecular weight excluding hydrogens is 368 g/mol. The van der Waals surface area contributed by atoms with E-state index < -0.39 is 0 Å². The van der Waals surface area contributed by atoms with Gasteiger partial charge in [0, 0.05) is 7.05 Å². The number of fused-ring (bicyclic) bond motifs is 2. The molecule has 0 aliphatic carbocycles. The average Bonchev–Trinajstić information content (AvgIpc) is 3.45. The van der Waals surface area contributed by atoms with E-state index in [1.54, 1.807) is 23.1 Å². The van der Waals surface area contributed by atoms with Gasteiger partial charge in [-0.15, -0.1) is 0 Å². The summed E-state index contributed by atoms with van der Waals surface area (Å²) in [4.78, 5) is 25.4. The van der Waals surface area contributed by atoms with Gasteiger partial charge in [-0.3, -0.25) is 9.48 Å². The smallest absolute Gasteiger partial charge is 0.252 e. The molecule has 5 rings (SSSR count). The van der Waals surface area contributed by atoms with E-state index in [9.17, 15) is 4.79 Å². The first-order valence-electron chi connectivity index (χ1n) is 9.20. The molecule has 5 aromatic rings. The van der Waals surface area contributed by atoms with Crippen LogP contribution in [-0.2, 0) is 13.6 Å². The summed E-state index contributed by atoms with van der Waals surface area (Å²) in [7, 11) is 1.81. The van der Waals surface area contributed by atoms with Crippen LogP contribution < -0.4 is 5.32 Å². The van der Waals surface area contributed by atoms with Crippen LogP contribution in [0.5, 0.6) is 0 Å². The van der Waals surface area contributed by atoms with Crippen LogP contribution >= 0.6 is 0 Å². The Hall–Kier alpha value is -3.94. The fraction of sp³-hybridized carbons (Fsp3) is 0.143. The van der Waals surface area contributed by atoms with Crippen LogP contribution in [0.4, 0.5) is 0 Å². The summed E-state index contributed by atoms with van der Waals surface area (Å²) in [6.45, 7) is 2.15. The Balaban J connectivity index is 1.51. The molecular formula is C21H18N6O2. The van der Waals surface area contributed by atoms with Crippen LogP contribution in [0.25, 0.3) is 33.5 Å². The SMILES string of the molecule is Cc1nn(C)c2nc(-c3ccco3)cc(C(=O)NCc3nc4ccccc4[nH]3)c12. The molecule has 0 fully saturated rings. The molecule has 8 nitrogen and oxygen atoms in total. The largest absolute Gasteiger partial charge is 0.463 e. The number of para-hydroxylation sites is 2. The van der Waals surface area contributed by atoms with E-state index in [1.807, 2.05) is 44.3 Å². The highest BCUT2D eigenvalue weighted by Gasteiger charge is 2.20. The van der Waals surface area contributed by atoms with Gasteiger partial charge in [-0.1, -0.05) is 12.1 Å². The molecule has 1 aromatic carbocycles. The number of nitrogens with one attached hydrogen (secondary N) is 2. The fourth-order valence-corrected chi connectivity index (χ4v) is 3.52. The Morgan fingerprint density at radius 3 is 2.86 bits per heavy atom. The highest BCUT2D eigenvalue weighted by Crippen LogP contribution is 2.27. The van der Waals surface area contributed by atoms with Crippen LogP contribution in [0.15, 0.2) is 53.1 Å². The van der Waals surface area contributed by atoms with Gasteiger partial charge in [-0.05, 0) is 37.3 Å². The maximum Gasteiger partial charge on any atom is 0.252 e. The number of hydrogen-bond donors (Lipinski definition) is 2. The number of rotatable bonds is 4. The third-order valence-electron chi connectivity index (χ3n) is 4.84. The van der Waals surface area contributed by atoms with E-state index in [1.165, 1.54) is 0 Å². The molecule has 0 atom stereocenters. The van der Waals surface area contributed by atoms with Gasteiger partial charge >= 0.3 is 0 Å². The van der Waals surface area contributed by atoms with Crippen molar-refractivity contribution in [2.24, 2.45) is 7.05 Å². The molecule has 0 bridgehead atoms. The standard InChI is InChI=1S/C21H18N6O2/c1-12-19-13(10-16(17-8-5-9-29-17)25-20(19)27(2)26-12)21(28)22-11-18-23-14-6-3-4-7-15(14)24-18/h3-10H,11H2,1-2H3,(H,22,28)(H,23,24). The summed E-state index contributed by atoms with van der Waals surface area (Å²) in [5.74, 6) is 1.07. The van der Waals surface area contributed by atoms with Gasteiger partial charge in [0.15, 0.2) is 11.4 Å². The van der Waals surface area contributed by atoms with Crippen LogP contribution in [0.3, 0.4) is 0 Å². The number of benzene rings is 1. The first-order chi connectivity index (χ1) is 14.1. The minimum atomic E-state index is -0.221. The number of hydrogen-bond acceptors (Lipinski definition) is 5. The number of aromatic amines is 1. The maximum atomic E-state index is 13.1. The van der Waals surface area contributed by atoms with Crippen molar-refractivity contribution in [1.82, 2.24) is 30.0 Å². The van der Waals surface area contributed by atoms with Crippen LogP contribution in [0.1, 0.15) is 21.9 Å². The lowest BCUT2D eigenvalue weighted by molar-refractivity contribution is 0.0951. The third-order valence-corrected chi connectivity index (χ3v) is 4.84. The summed E-state index contributed by atoms with van der Waals surface area (Å²) < 4.78 is 7.15. The number of aryl methyl sites for hydroxylation is 2. The highest BCUT2D eigenvalue weighted by molar-refractivity contribution is 6.07. The number of H-pyrrole nitrogens is 1. The molecule has 4 heterocycles. The summed E-state index contributed by atoms with van der Waals surface area (Å²) in [6, 6.07) is 13.1. The quantitative estimate of drug-likeness (QED) is 0.493. The van der Waals surface area contributed by atoms with E-state index in [0.717, 1.165) is 22.1 Å². The van der Waals surface area contributed by atoms with Gasteiger partial charge in [0.05, 0.1) is 40.5 Å². The molecule has 0 saturated heterocycles. The summed E-state index contributed by atoms with van der Waals surface area (Å²) in [5.41, 5.74) is 4.26. The first-order valence-corrected chi connectivity index (χ1v) is 9.20. The molecule has 0 radical (unpaired) electrons. The van der Waals surface area contributed by atoms with Crippen LogP contribution in [0, 0.1) is 6.92 Å². The first kappa shape index (κ1) is 17.2. The van der Waals surface area contributed by atoms with Crippen molar-refractivity contribution < 1.29 is 9.21 Å². The van der Waals surface area contributed by atoms with Gasteiger partial charge in [0.25, 0.3) is 5.91 Å². The second kappa shape index (κ2) is 6.59. The van der Waals surface area contributed by atoms with Crippen molar-refractivity contribution >= 4 is 28.0 Å². The Kier molecular flexibility index (Phi) is 3.90. The van der Waals surface area contributed by atoms with Crippen molar-refractivity contribution in [2.75, 3.05) is 0 Å². The summed E-state index contributed by atoms with van der Waals surface area (Å²) in [6.07, 6.45) is 1.58. The van der Waals surface area contributed by atoms with E-state index >= 15 is 0 Å². The van der Waals surface area contributed by atoms with Gasteiger partial charge < -0.3 is 14.7 Å². The molecule has 4 aromatic heterocycles. The van der Waals surface area contributed by atoms with E-state index in [-0.39, 0.29) is 12.5 Å². The van der Waals surface area contributed by atoms with Crippen molar-refractivity contribution in [1.29, 1.82) is 0 Å². The molecule has 29 heavy (non-hydrogen) atoms. The zero-order valence-corrected chi connectivity index (χ0v) is 15.9. The lowest BCUT2D eigenvalue weighted by Gasteiger charge is -2.07. The Bertz CT molecular complexity index is 1310. The Labute approximate surface area is 165 Å². The van der Waals surface area contributed by atoms with Crippen LogP contribution in [-0.4, -0.2) is 30.6 Å². The molecule has 144 valence electrons. The Morgan fingerprint density at radius 2 is 2.07 bits per heavy atom. The predicted octanol–water partition coefficient (Wildman–Crippen LogP) is 3.34. The van der Waals surface area contributed by atoms with Crippen molar-refractivity contribution in [2.45, 2.75) is 13.5 Å².